The van der Waals surface area contributed by atoms with Crippen LogP contribution in [0.2, 0.25) is 0 Å². The van der Waals surface area contributed by atoms with E-state index in [0.29, 0.717) is 0 Å². The van der Waals surface area contributed by atoms with Crippen molar-refractivity contribution in [2.75, 3.05) is 11.5 Å². The zero-order chi connectivity index (χ0) is 39.9. The smallest absolute Gasteiger partial charge is 0.00830 e. The Labute approximate surface area is 363 Å². The molecule has 0 aliphatic heterocycles. The highest BCUT2D eigenvalue weighted by molar-refractivity contribution is 8.00. The highest BCUT2D eigenvalue weighted by Gasteiger charge is 2.01. The SMILES string of the molecule is CCCCCCCCCCCCCCCCCCCCCCCCSc1cccc(SCCCCCCCCCCCCCCCCCCCCCCCC)c1. The van der Waals surface area contributed by atoms with Crippen molar-refractivity contribution in [1.82, 2.24) is 0 Å². The molecule has 330 valence electrons. The second-order valence-corrected chi connectivity index (χ2v) is 20.4. The number of thioether (sulfide) groups is 2. The van der Waals surface area contributed by atoms with Gasteiger partial charge < -0.3 is 0 Å². The molecule has 0 radical (unpaired) electrons. The van der Waals surface area contributed by atoms with Crippen molar-refractivity contribution < 1.29 is 0 Å². The molecule has 0 N–H and O–H groups in total. The fourth-order valence-corrected chi connectivity index (χ4v) is 10.5. The van der Waals surface area contributed by atoms with Crippen LogP contribution in [0.5, 0.6) is 0 Å². The molecular formula is C54H102S2. The molecule has 0 saturated carbocycles. The van der Waals surface area contributed by atoms with Gasteiger partial charge in [0.15, 0.2) is 0 Å². The summed E-state index contributed by atoms with van der Waals surface area (Å²) in [6.45, 7) is 4.62. The third-order valence-electron chi connectivity index (χ3n) is 12.3. The van der Waals surface area contributed by atoms with E-state index >= 15 is 0 Å². The van der Waals surface area contributed by atoms with Crippen molar-refractivity contribution in [2.24, 2.45) is 0 Å². The Morgan fingerprint density at radius 3 is 0.625 bits per heavy atom. The summed E-state index contributed by atoms with van der Waals surface area (Å²) in [5, 5.41) is 0. The molecule has 0 atom stereocenters. The largest absolute Gasteiger partial charge is 0.126 e. The molecule has 1 rings (SSSR count). The first-order valence-electron chi connectivity index (χ1n) is 26.2. The minimum Gasteiger partial charge on any atom is -0.126 e. The molecule has 2 heteroatoms. The third-order valence-corrected chi connectivity index (χ3v) is 14.5. The van der Waals surface area contributed by atoms with Crippen molar-refractivity contribution in [3.05, 3.63) is 24.3 Å². The van der Waals surface area contributed by atoms with Gasteiger partial charge >= 0.3 is 0 Å². The average Bonchev–Trinajstić information content (AvgIpc) is 3.21. The number of unbranched alkanes of at least 4 members (excludes halogenated alkanes) is 42. The van der Waals surface area contributed by atoms with Crippen LogP contribution in [0.25, 0.3) is 0 Å². The van der Waals surface area contributed by atoms with Crippen molar-refractivity contribution in [3.63, 3.8) is 0 Å². The molecule has 0 aliphatic rings. The van der Waals surface area contributed by atoms with Crippen LogP contribution in [0.15, 0.2) is 34.1 Å². The fourth-order valence-electron chi connectivity index (χ4n) is 8.46. The Bertz CT molecular complexity index is 785. The third kappa shape index (κ3) is 42.1. The Morgan fingerprint density at radius 2 is 0.429 bits per heavy atom. The Hall–Kier alpha value is -0.0800. The minimum absolute atomic E-state index is 1.28. The first-order chi connectivity index (χ1) is 27.9. The van der Waals surface area contributed by atoms with Crippen molar-refractivity contribution in [2.45, 2.75) is 306 Å². The van der Waals surface area contributed by atoms with Crippen molar-refractivity contribution in [3.8, 4) is 0 Å². The molecule has 0 fully saturated rings. The number of rotatable bonds is 48. The summed E-state index contributed by atoms with van der Waals surface area (Å²) in [6.07, 6.45) is 64.3. The first kappa shape index (κ1) is 53.9. The summed E-state index contributed by atoms with van der Waals surface area (Å²) in [7, 11) is 0. The zero-order valence-corrected chi connectivity index (χ0v) is 40.3. The highest BCUT2D eigenvalue weighted by Crippen LogP contribution is 2.27. The van der Waals surface area contributed by atoms with Gasteiger partial charge in [-0.2, -0.15) is 0 Å². The van der Waals surface area contributed by atoms with Crippen LogP contribution in [-0.4, -0.2) is 11.5 Å². The summed E-state index contributed by atoms with van der Waals surface area (Å²) in [6, 6.07) is 9.38. The lowest BCUT2D eigenvalue weighted by Gasteiger charge is -2.06. The van der Waals surface area contributed by atoms with Crippen molar-refractivity contribution >= 4 is 23.5 Å². The van der Waals surface area contributed by atoms with Gasteiger partial charge in [-0.15, -0.1) is 23.5 Å². The van der Waals surface area contributed by atoms with Crippen LogP contribution in [0, 0.1) is 0 Å². The van der Waals surface area contributed by atoms with E-state index in [1.807, 2.05) is 0 Å². The fraction of sp³-hybridized carbons (Fsp3) is 0.889. The maximum Gasteiger partial charge on any atom is 0.00830 e. The normalized spacial score (nSPS) is 11.6. The van der Waals surface area contributed by atoms with Crippen LogP contribution in [-0.2, 0) is 0 Å². The number of hydrogen-bond donors (Lipinski definition) is 0. The van der Waals surface area contributed by atoms with Gasteiger partial charge in [0.1, 0.15) is 0 Å². The second kappa shape index (κ2) is 47.6. The average molecular weight is 816 g/mol. The summed E-state index contributed by atoms with van der Waals surface area (Å²) in [4.78, 5) is 2.96. The van der Waals surface area contributed by atoms with E-state index in [9.17, 15) is 0 Å². The van der Waals surface area contributed by atoms with E-state index in [1.165, 1.54) is 304 Å². The quantitative estimate of drug-likeness (QED) is 0.0475. The Balaban J connectivity index is 1.77. The zero-order valence-electron chi connectivity index (χ0n) is 38.7. The Kier molecular flexibility index (Phi) is 45.8. The minimum atomic E-state index is 1.28. The predicted octanol–water partition coefficient (Wildman–Crippen LogP) is 21.1. The van der Waals surface area contributed by atoms with Crippen LogP contribution in [0.1, 0.15) is 296 Å². The first-order valence-corrected chi connectivity index (χ1v) is 28.2. The molecule has 0 aromatic heterocycles. The summed E-state index contributed by atoms with van der Waals surface area (Å²) < 4.78 is 0. The summed E-state index contributed by atoms with van der Waals surface area (Å²) in [5.41, 5.74) is 0. The monoisotopic (exact) mass is 815 g/mol. The summed E-state index contributed by atoms with van der Waals surface area (Å²) >= 11 is 4.16. The molecule has 1 aromatic rings. The van der Waals surface area contributed by atoms with E-state index in [2.05, 4.69) is 61.6 Å². The van der Waals surface area contributed by atoms with Crippen LogP contribution in [0.3, 0.4) is 0 Å². The van der Waals surface area contributed by atoms with E-state index in [1.54, 1.807) is 0 Å². The van der Waals surface area contributed by atoms with Gasteiger partial charge in [0, 0.05) is 9.79 Å². The molecule has 0 spiro atoms. The van der Waals surface area contributed by atoms with Gasteiger partial charge in [-0.05, 0) is 42.5 Å². The van der Waals surface area contributed by atoms with Gasteiger partial charge in [0.2, 0.25) is 0 Å². The topological polar surface area (TPSA) is 0 Å². The second-order valence-electron chi connectivity index (χ2n) is 18.0. The molecule has 0 saturated heterocycles. The lowest BCUT2D eigenvalue weighted by Crippen LogP contribution is -1.86. The van der Waals surface area contributed by atoms with E-state index < -0.39 is 0 Å². The van der Waals surface area contributed by atoms with Crippen LogP contribution >= 0.6 is 23.5 Å². The highest BCUT2D eigenvalue weighted by atomic mass is 32.2. The van der Waals surface area contributed by atoms with Crippen LogP contribution < -0.4 is 0 Å². The van der Waals surface area contributed by atoms with Gasteiger partial charge in [0.05, 0.1) is 0 Å². The lowest BCUT2D eigenvalue weighted by molar-refractivity contribution is 0.520. The predicted molar refractivity (Wildman–Crippen MR) is 262 cm³/mol. The Morgan fingerprint density at radius 1 is 0.250 bits per heavy atom. The molecule has 1 aromatic carbocycles. The van der Waals surface area contributed by atoms with Crippen molar-refractivity contribution in [1.29, 1.82) is 0 Å². The van der Waals surface area contributed by atoms with E-state index in [-0.39, 0.29) is 0 Å². The standard InChI is InChI=1S/C54H102S2/c1-3-5-7-9-11-13-15-17-19-21-23-25-27-29-31-33-35-37-39-41-43-45-50-55-53-48-47-49-54(52-53)56-51-46-44-42-40-38-36-34-32-30-28-26-24-22-20-18-16-14-12-10-8-6-4-2/h47-49,52H,3-46,50-51H2,1-2H3. The maximum absolute atomic E-state index is 2.45. The number of benzene rings is 1. The lowest BCUT2D eigenvalue weighted by atomic mass is 10.0. The van der Waals surface area contributed by atoms with Gasteiger partial charge in [0.25, 0.3) is 0 Å². The molecular weight excluding hydrogens is 713 g/mol. The van der Waals surface area contributed by atoms with Gasteiger partial charge in [-0.1, -0.05) is 290 Å². The molecule has 56 heavy (non-hydrogen) atoms. The summed E-state index contributed by atoms with van der Waals surface area (Å²) in [5.74, 6) is 2.57. The number of hydrogen-bond acceptors (Lipinski definition) is 2. The molecule has 0 bridgehead atoms. The molecule has 0 unspecified atom stereocenters. The molecule has 0 amide bonds. The van der Waals surface area contributed by atoms with Gasteiger partial charge in [-0.3, -0.25) is 0 Å². The van der Waals surface area contributed by atoms with E-state index in [0.717, 1.165) is 0 Å². The van der Waals surface area contributed by atoms with E-state index in [4.69, 9.17) is 0 Å². The molecule has 0 nitrogen and oxygen atoms in total. The van der Waals surface area contributed by atoms with Gasteiger partial charge in [-0.25, -0.2) is 0 Å². The molecule has 0 aliphatic carbocycles. The maximum atomic E-state index is 2.45. The molecule has 0 heterocycles. The van der Waals surface area contributed by atoms with Crippen LogP contribution in [0.4, 0.5) is 0 Å².